The van der Waals surface area contributed by atoms with Crippen LogP contribution in [0.25, 0.3) is 10.8 Å². The molecular formula is C14H20N2. The Labute approximate surface area is 97.5 Å². The average Bonchev–Trinajstić information content (AvgIpc) is 2.58. The van der Waals surface area contributed by atoms with Crippen molar-refractivity contribution in [3.63, 3.8) is 0 Å². The van der Waals surface area contributed by atoms with Crippen LogP contribution in [0.2, 0.25) is 0 Å². The Bertz CT molecular complexity index is 501. The molecule has 0 amide bonds. The second-order valence-corrected chi connectivity index (χ2v) is 5.54. The SMILES string of the molecule is CN(C)c1ccc2cn(C(C)(C)C)cc2c1. The van der Waals surface area contributed by atoms with Gasteiger partial charge in [-0.05, 0) is 38.3 Å². The van der Waals surface area contributed by atoms with Crippen LogP contribution in [0, 0.1) is 0 Å². The maximum atomic E-state index is 2.27. The lowest BCUT2D eigenvalue weighted by Gasteiger charge is -2.20. The molecule has 1 aromatic carbocycles. The van der Waals surface area contributed by atoms with Gasteiger partial charge in [-0.15, -0.1) is 0 Å². The number of hydrogen-bond acceptors (Lipinski definition) is 1. The van der Waals surface area contributed by atoms with Gasteiger partial charge >= 0.3 is 0 Å². The van der Waals surface area contributed by atoms with E-state index in [1.807, 2.05) is 0 Å². The highest BCUT2D eigenvalue weighted by molar-refractivity contribution is 5.85. The molecule has 0 unspecified atom stereocenters. The molecule has 0 spiro atoms. The molecule has 1 aromatic heterocycles. The molecular weight excluding hydrogens is 196 g/mol. The topological polar surface area (TPSA) is 8.17 Å². The second-order valence-electron chi connectivity index (χ2n) is 5.54. The number of benzene rings is 1. The number of anilines is 1. The molecule has 2 nitrogen and oxygen atoms in total. The molecule has 0 saturated heterocycles. The first-order chi connectivity index (χ1) is 7.38. The van der Waals surface area contributed by atoms with Gasteiger partial charge in [-0.1, -0.05) is 6.07 Å². The summed E-state index contributed by atoms with van der Waals surface area (Å²) in [6, 6.07) is 6.58. The van der Waals surface area contributed by atoms with E-state index in [2.05, 4.69) is 74.9 Å². The summed E-state index contributed by atoms with van der Waals surface area (Å²) in [6.45, 7) is 6.66. The highest BCUT2D eigenvalue weighted by Crippen LogP contribution is 2.25. The van der Waals surface area contributed by atoms with E-state index < -0.39 is 0 Å². The molecule has 0 aliphatic rings. The van der Waals surface area contributed by atoms with Crippen molar-refractivity contribution in [2.75, 3.05) is 19.0 Å². The summed E-state index contributed by atoms with van der Waals surface area (Å²) in [5, 5.41) is 2.61. The Morgan fingerprint density at radius 3 is 2.19 bits per heavy atom. The molecule has 2 heteroatoms. The average molecular weight is 216 g/mol. The lowest BCUT2D eigenvalue weighted by Crippen LogP contribution is -2.19. The van der Waals surface area contributed by atoms with E-state index in [4.69, 9.17) is 0 Å². The van der Waals surface area contributed by atoms with Crippen LogP contribution in [-0.4, -0.2) is 18.7 Å². The van der Waals surface area contributed by atoms with E-state index >= 15 is 0 Å². The van der Waals surface area contributed by atoms with Crippen LogP contribution < -0.4 is 4.90 Å². The lowest BCUT2D eigenvalue weighted by molar-refractivity contribution is 0.399. The van der Waals surface area contributed by atoms with Gasteiger partial charge in [0.25, 0.3) is 0 Å². The first-order valence-electron chi connectivity index (χ1n) is 5.67. The molecule has 0 bridgehead atoms. The van der Waals surface area contributed by atoms with Gasteiger partial charge in [0.1, 0.15) is 0 Å². The Balaban J connectivity index is 2.54. The molecule has 0 fully saturated rings. The molecule has 2 aromatic rings. The number of rotatable bonds is 1. The summed E-state index contributed by atoms with van der Waals surface area (Å²) in [7, 11) is 4.14. The van der Waals surface area contributed by atoms with Gasteiger partial charge in [-0.3, -0.25) is 0 Å². The third-order valence-electron chi connectivity index (χ3n) is 2.92. The molecule has 0 aliphatic carbocycles. The summed E-state index contributed by atoms with van der Waals surface area (Å²) < 4.78 is 2.27. The highest BCUT2D eigenvalue weighted by atomic mass is 15.1. The van der Waals surface area contributed by atoms with Gasteiger partial charge in [0, 0.05) is 43.1 Å². The Morgan fingerprint density at radius 1 is 1.00 bits per heavy atom. The summed E-state index contributed by atoms with van der Waals surface area (Å²) in [6.07, 6.45) is 4.44. The van der Waals surface area contributed by atoms with Crippen molar-refractivity contribution >= 4 is 16.5 Å². The fraction of sp³-hybridized carbons (Fsp3) is 0.429. The number of hydrogen-bond donors (Lipinski definition) is 0. The van der Waals surface area contributed by atoms with Crippen LogP contribution >= 0.6 is 0 Å². The van der Waals surface area contributed by atoms with Gasteiger partial charge in [-0.25, -0.2) is 0 Å². The zero-order valence-electron chi connectivity index (χ0n) is 10.8. The maximum absolute atomic E-state index is 2.27. The standard InChI is InChI=1S/C14H20N2/c1-14(2,3)16-9-11-6-7-13(15(4)5)8-12(11)10-16/h6-10H,1-5H3. The van der Waals surface area contributed by atoms with Crippen LogP contribution in [0.4, 0.5) is 5.69 Å². The van der Waals surface area contributed by atoms with Crippen molar-refractivity contribution < 1.29 is 0 Å². The fourth-order valence-electron chi connectivity index (χ4n) is 1.79. The number of fused-ring (bicyclic) bond motifs is 1. The summed E-state index contributed by atoms with van der Waals surface area (Å²) in [5.41, 5.74) is 1.40. The van der Waals surface area contributed by atoms with Crippen molar-refractivity contribution in [2.24, 2.45) is 0 Å². The third-order valence-corrected chi connectivity index (χ3v) is 2.92. The highest BCUT2D eigenvalue weighted by Gasteiger charge is 2.13. The van der Waals surface area contributed by atoms with Crippen LogP contribution in [0.3, 0.4) is 0 Å². The molecule has 16 heavy (non-hydrogen) atoms. The predicted octanol–water partition coefficient (Wildman–Crippen LogP) is 3.46. The molecule has 0 saturated carbocycles. The predicted molar refractivity (Wildman–Crippen MR) is 71.3 cm³/mol. The van der Waals surface area contributed by atoms with Crippen LogP contribution in [0.5, 0.6) is 0 Å². The van der Waals surface area contributed by atoms with Crippen LogP contribution in [0.15, 0.2) is 30.6 Å². The Hall–Kier alpha value is -1.44. The quantitative estimate of drug-likeness (QED) is 0.708. The maximum Gasteiger partial charge on any atom is 0.0368 e. The van der Waals surface area contributed by atoms with Gasteiger partial charge < -0.3 is 9.47 Å². The largest absolute Gasteiger partial charge is 0.378 e. The van der Waals surface area contributed by atoms with Crippen molar-refractivity contribution in [3.05, 3.63) is 30.6 Å². The Kier molecular flexibility index (Phi) is 2.45. The van der Waals surface area contributed by atoms with Gasteiger partial charge in [-0.2, -0.15) is 0 Å². The molecule has 86 valence electrons. The monoisotopic (exact) mass is 216 g/mol. The van der Waals surface area contributed by atoms with E-state index in [-0.39, 0.29) is 5.54 Å². The van der Waals surface area contributed by atoms with E-state index in [0.717, 1.165) is 0 Å². The first kappa shape index (κ1) is 11.1. The van der Waals surface area contributed by atoms with Gasteiger partial charge in [0.15, 0.2) is 0 Å². The minimum Gasteiger partial charge on any atom is -0.378 e. The van der Waals surface area contributed by atoms with Crippen molar-refractivity contribution in [1.29, 1.82) is 0 Å². The zero-order chi connectivity index (χ0) is 11.9. The summed E-state index contributed by atoms with van der Waals surface area (Å²) >= 11 is 0. The van der Waals surface area contributed by atoms with Crippen molar-refractivity contribution in [1.82, 2.24) is 4.57 Å². The molecule has 2 rings (SSSR count). The molecule has 0 aliphatic heterocycles. The lowest BCUT2D eigenvalue weighted by atomic mass is 10.1. The summed E-state index contributed by atoms with van der Waals surface area (Å²) in [5.74, 6) is 0. The number of nitrogens with zero attached hydrogens (tertiary/aromatic N) is 2. The molecule has 0 radical (unpaired) electrons. The summed E-state index contributed by atoms with van der Waals surface area (Å²) in [4.78, 5) is 2.13. The van der Waals surface area contributed by atoms with E-state index in [9.17, 15) is 0 Å². The van der Waals surface area contributed by atoms with E-state index in [1.165, 1.54) is 16.5 Å². The minimum absolute atomic E-state index is 0.150. The van der Waals surface area contributed by atoms with Crippen LogP contribution in [0.1, 0.15) is 20.8 Å². The normalized spacial score (nSPS) is 12.1. The van der Waals surface area contributed by atoms with Gasteiger partial charge in [0.05, 0.1) is 0 Å². The van der Waals surface area contributed by atoms with Gasteiger partial charge in [0.2, 0.25) is 0 Å². The zero-order valence-corrected chi connectivity index (χ0v) is 10.8. The van der Waals surface area contributed by atoms with E-state index in [1.54, 1.807) is 0 Å². The Morgan fingerprint density at radius 2 is 1.62 bits per heavy atom. The molecule has 0 atom stereocenters. The van der Waals surface area contributed by atoms with E-state index in [0.29, 0.717) is 0 Å². The number of aromatic nitrogens is 1. The first-order valence-corrected chi connectivity index (χ1v) is 5.67. The third kappa shape index (κ3) is 1.92. The van der Waals surface area contributed by atoms with Crippen LogP contribution in [-0.2, 0) is 5.54 Å². The minimum atomic E-state index is 0.150. The second kappa shape index (κ2) is 3.55. The molecule has 0 N–H and O–H groups in total. The fourth-order valence-corrected chi connectivity index (χ4v) is 1.79. The van der Waals surface area contributed by atoms with Crippen molar-refractivity contribution in [3.8, 4) is 0 Å². The molecule has 1 heterocycles. The smallest absolute Gasteiger partial charge is 0.0368 e. The van der Waals surface area contributed by atoms with Crippen molar-refractivity contribution in [2.45, 2.75) is 26.3 Å².